The summed E-state index contributed by atoms with van der Waals surface area (Å²) in [4.78, 5) is 2.42. The van der Waals surface area contributed by atoms with Crippen molar-refractivity contribution >= 4 is 0 Å². The van der Waals surface area contributed by atoms with Crippen LogP contribution in [-0.2, 0) is 0 Å². The standard InChI is InChI=1S/C11H20N2/c1-10(2)11-4-8-13(9-5-11)7-3-6-12/h10-11H,3-5,7-9H2,1-2H3. The average Bonchev–Trinajstić information content (AvgIpc) is 2.15. The molecule has 0 amide bonds. The van der Waals surface area contributed by atoms with Gasteiger partial charge >= 0.3 is 0 Å². The molecule has 1 fully saturated rings. The van der Waals surface area contributed by atoms with Crippen molar-refractivity contribution in [2.24, 2.45) is 11.8 Å². The van der Waals surface area contributed by atoms with E-state index in [1.54, 1.807) is 0 Å². The van der Waals surface area contributed by atoms with Crippen molar-refractivity contribution in [2.75, 3.05) is 19.6 Å². The highest BCUT2D eigenvalue weighted by molar-refractivity contribution is 4.77. The highest BCUT2D eigenvalue weighted by atomic mass is 15.1. The molecule has 2 heteroatoms. The molecule has 0 bridgehead atoms. The van der Waals surface area contributed by atoms with Crippen molar-refractivity contribution in [1.29, 1.82) is 5.26 Å². The zero-order chi connectivity index (χ0) is 9.68. The Morgan fingerprint density at radius 1 is 1.38 bits per heavy atom. The van der Waals surface area contributed by atoms with Crippen LogP contribution in [0.2, 0.25) is 0 Å². The molecule has 0 aromatic rings. The van der Waals surface area contributed by atoms with E-state index >= 15 is 0 Å². The number of nitrogens with zero attached hydrogens (tertiary/aromatic N) is 2. The van der Waals surface area contributed by atoms with Gasteiger partial charge in [-0.2, -0.15) is 5.26 Å². The Morgan fingerprint density at radius 3 is 2.46 bits per heavy atom. The fraction of sp³-hybridized carbons (Fsp3) is 0.909. The van der Waals surface area contributed by atoms with E-state index in [4.69, 9.17) is 5.26 Å². The van der Waals surface area contributed by atoms with Gasteiger partial charge in [0, 0.05) is 13.0 Å². The van der Waals surface area contributed by atoms with Crippen LogP contribution >= 0.6 is 0 Å². The third-order valence-electron chi connectivity index (χ3n) is 3.11. The molecular formula is C11H20N2. The number of hydrogen-bond donors (Lipinski definition) is 0. The summed E-state index contributed by atoms with van der Waals surface area (Å²) in [5.41, 5.74) is 0. The molecule has 0 aliphatic carbocycles. The molecule has 0 saturated carbocycles. The minimum absolute atomic E-state index is 0.687. The minimum atomic E-state index is 0.687. The van der Waals surface area contributed by atoms with E-state index in [0.717, 1.165) is 18.4 Å². The number of nitriles is 1. The Morgan fingerprint density at radius 2 is 2.00 bits per heavy atom. The fourth-order valence-corrected chi connectivity index (χ4v) is 2.05. The van der Waals surface area contributed by atoms with E-state index in [1.165, 1.54) is 25.9 Å². The fourth-order valence-electron chi connectivity index (χ4n) is 2.05. The zero-order valence-electron chi connectivity index (χ0n) is 8.79. The summed E-state index contributed by atoms with van der Waals surface area (Å²) in [7, 11) is 0. The van der Waals surface area contributed by atoms with Crippen LogP contribution in [0.4, 0.5) is 0 Å². The van der Waals surface area contributed by atoms with E-state index in [1.807, 2.05) is 0 Å². The molecule has 0 radical (unpaired) electrons. The molecule has 0 N–H and O–H groups in total. The number of likely N-dealkylation sites (tertiary alicyclic amines) is 1. The second kappa shape index (κ2) is 5.24. The first-order valence-electron chi connectivity index (χ1n) is 5.33. The first-order valence-corrected chi connectivity index (χ1v) is 5.33. The third kappa shape index (κ3) is 3.36. The molecule has 2 nitrogen and oxygen atoms in total. The lowest BCUT2D eigenvalue weighted by Gasteiger charge is -2.33. The first-order chi connectivity index (χ1) is 6.24. The quantitative estimate of drug-likeness (QED) is 0.666. The molecule has 0 spiro atoms. The maximum absolute atomic E-state index is 8.46. The van der Waals surface area contributed by atoms with Gasteiger partial charge in [0.05, 0.1) is 6.07 Å². The summed E-state index contributed by atoms with van der Waals surface area (Å²) in [5, 5.41) is 8.46. The van der Waals surface area contributed by atoms with Crippen molar-refractivity contribution < 1.29 is 0 Å². The smallest absolute Gasteiger partial charge is 0.0635 e. The Hall–Kier alpha value is -0.550. The molecule has 0 aromatic carbocycles. The topological polar surface area (TPSA) is 27.0 Å². The van der Waals surface area contributed by atoms with Crippen molar-refractivity contribution in [1.82, 2.24) is 4.90 Å². The van der Waals surface area contributed by atoms with Crippen LogP contribution < -0.4 is 0 Å². The van der Waals surface area contributed by atoms with Gasteiger partial charge in [0.2, 0.25) is 0 Å². The number of rotatable bonds is 3. The van der Waals surface area contributed by atoms with E-state index in [9.17, 15) is 0 Å². The average molecular weight is 180 g/mol. The van der Waals surface area contributed by atoms with Gasteiger partial charge in [0.25, 0.3) is 0 Å². The third-order valence-corrected chi connectivity index (χ3v) is 3.11. The van der Waals surface area contributed by atoms with Crippen LogP contribution in [0.15, 0.2) is 0 Å². The van der Waals surface area contributed by atoms with Gasteiger partial charge in [-0.05, 0) is 37.8 Å². The molecular weight excluding hydrogens is 160 g/mol. The second-order valence-corrected chi connectivity index (χ2v) is 4.33. The van der Waals surface area contributed by atoms with E-state index < -0.39 is 0 Å². The molecule has 13 heavy (non-hydrogen) atoms. The maximum atomic E-state index is 8.46. The largest absolute Gasteiger partial charge is 0.302 e. The van der Waals surface area contributed by atoms with Crippen LogP contribution in [0.1, 0.15) is 33.1 Å². The van der Waals surface area contributed by atoms with Crippen LogP contribution in [0, 0.1) is 23.2 Å². The van der Waals surface area contributed by atoms with Crippen molar-refractivity contribution in [2.45, 2.75) is 33.1 Å². The number of hydrogen-bond acceptors (Lipinski definition) is 2. The SMILES string of the molecule is CC(C)C1CCN(CCC#N)CC1. The lowest BCUT2D eigenvalue weighted by molar-refractivity contribution is 0.160. The van der Waals surface area contributed by atoms with Crippen LogP contribution in [0.5, 0.6) is 0 Å². The van der Waals surface area contributed by atoms with E-state index in [-0.39, 0.29) is 0 Å². The summed E-state index contributed by atoms with van der Waals surface area (Å²) < 4.78 is 0. The van der Waals surface area contributed by atoms with Crippen molar-refractivity contribution in [3.63, 3.8) is 0 Å². The van der Waals surface area contributed by atoms with E-state index in [0.29, 0.717) is 6.42 Å². The number of piperidine rings is 1. The van der Waals surface area contributed by atoms with Crippen molar-refractivity contribution in [3.8, 4) is 6.07 Å². The molecule has 74 valence electrons. The monoisotopic (exact) mass is 180 g/mol. The summed E-state index contributed by atoms with van der Waals surface area (Å²) in [6.45, 7) is 8.00. The normalized spacial score (nSPS) is 20.5. The lowest BCUT2D eigenvalue weighted by Crippen LogP contribution is -2.35. The zero-order valence-corrected chi connectivity index (χ0v) is 8.79. The Bertz CT molecular complexity index is 173. The minimum Gasteiger partial charge on any atom is -0.302 e. The molecule has 1 rings (SSSR count). The lowest BCUT2D eigenvalue weighted by atomic mass is 9.87. The predicted octanol–water partition coefficient (Wildman–Crippen LogP) is 2.27. The maximum Gasteiger partial charge on any atom is 0.0635 e. The molecule has 1 saturated heterocycles. The summed E-state index contributed by atoms with van der Waals surface area (Å²) in [6, 6.07) is 2.21. The molecule has 0 atom stereocenters. The molecule has 1 aliphatic rings. The van der Waals surface area contributed by atoms with Gasteiger partial charge in [0.15, 0.2) is 0 Å². The predicted molar refractivity (Wildman–Crippen MR) is 54.2 cm³/mol. The Balaban J connectivity index is 2.19. The van der Waals surface area contributed by atoms with Crippen LogP contribution in [-0.4, -0.2) is 24.5 Å². The molecule has 0 aromatic heterocycles. The molecule has 1 heterocycles. The molecule has 0 unspecified atom stereocenters. The van der Waals surface area contributed by atoms with Gasteiger partial charge in [-0.15, -0.1) is 0 Å². The first kappa shape index (κ1) is 10.5. The van der Waals surface area contributed by atoms with Gasteiger partial charge in [-0.25, -0.2) is 0 Å². The Kier molecular flexibility index (Phi) is 4.24. The second-order valence-electron chi connectivity index (χ2n) is 4.33. The summed E-state index contributed by atoms with van der Waals surface area (Å²) in [5.74, 6) is 1.75. The molecule has 1 aliphatic heterocycles. The van der Waals surface area contributed by atoms with Gasteiger partial charge in [0.1, 0.15) is 0 Å². The Labute approximate surface area is 81.5 Å². The van der Waals surface area contributed by atoms with E-state index in [2.05, 4.69) is 24.8 Å². The summed E-state index contributed by atoms with van der Waals surface area (Å²) >= 11 is 0. The highest BCUT2D eigenvalue weighted by Gasteiger charge is 2.20. The van der Waals surface area contributed by atoms with Gasteiger partial charge in [-0.3, -0.25) is 0 Å². The van der Waals surface area contributed by atoms with Crippen LogP contribution in [0.25, 0.3) is 0 Å². The van der Waals surface area contributed by atoms with Gasteiger partial charge < -0.3 is 4.90 Å². The summed E-state index contributed by atoms with van der Waals surface area (Å²) in [6.07, 6.45) is 3.33. The highest BCUT2D eigenvalue weighted by Crippen LogP contribution is 2.24. The van der Waals surface area contributed by atoms with Crippen molar-refractivity contribution in [3.05, 3.63) is 0 Å². The van der Waals surface area contributed by atoms with Gasteiger partial charge in [-0.1, -0.05) is 13.8 Å². The van der Waals surface area contributed by atoms with Crippen LogP contribution in [0.3, 0.4) is 0 Å².